The number of rotatable bonds is 4. The van der Waals surface area contributed by atoms with Gasteiger partial charge < -0.3 is 20.9 Å². The Morgan fingerprint density at radius 3 is 2.82 bits per heavy atom. The standard InChI is InChI=1S/C11H20N4O2/c1-14(2)6-3-4-10(16)9-8-13-5-7-15(9)11(12)17/h3-4,9,13H,5-8H2,1-2H3,(H2,12,17)/b4-3+. The molecule has 96 valence electrons. The second-order valence-electron chi connectivity index (χ2n) is 4.32. The zero-order valence-corrected chi connectivity index (χ0v) is 10.3. The van der Waals surface area contributed by atoms with Gasteiger partial charge in [0.15, 0.2) is 5.78 Å². The van der Waals surface area contributed by atoms with Crippen LogP contribution in [0.1, 0.15) is 0 Å². The lowest BCUT2D eigenvalue weighted by molar-refractivity contribution is -0.119. The molecule has 1 aliphatic heterocycles. The molecule has 1 saturated heterocycles. The molecule has 1 rings (SSSR count). The summed E-state index contributed by atoms with van der Waals surface area (Å²) in [6.45, 7) is 2.32. The molecule has 0 bridgehead atoms. The molecule has 6 heteroatoms. The third-order valence-electron chi connectivity index (χ3n) is 2.61. The van der Waals surface area contributed by atoms with Gasteiger partial charge in [0, 0.05) is 26.2 Å². The SMILES string of the molecule is CN(C)C/C=C/C(=O)C1CNCCN1C(N)=O. The van der Waals surface area contributed by atoms with Crippen LogP contribution in [0, 0.1) is 0 Å². The first-order chi connectivity index (χ1) is 8.02. The van der Waals surface area contributed by atoms with Crippen molar-refractivity contribution in [2.45, 2.75) is 6.04 Å². The third-order valence-corrected chi connectivity index (χ3v) is 2.61. The van der Waals surface area contributed by atoms with Crippen molar-refractivity contribution in [1.82, 2.24) is 15.1 Å². The number of primary amides is 1. The van der Waals surface area contributed by atoms with E-state index in [-0.39, 0.29) is 5.78 Å². The summed E-state index contributed by atoms with van der Waals surface area (Å²) < 4.78 is 0. The molecule has 0 aromatic carbocycles. The quantitative estimate of drug-likeness (QED) is 0.619. The summed E-state index contributed by atoms with van der Waals surface area (Å²) in [6.07, 6.45) is 3.31. The topological polar surface area (TPSA) is 78.7 Å². The lowest BCUT2D eigenvalue weighted by atomic mass is 10.1. The fourth-order valence-electron chi connectivity index (χ4n) is 1.71. The molecule has 17 heavy (non-hydrogen) atoms. The van der Waals surface area contributed by atoms with E-state index in [1.165, 1.54) is 11.0 Å². The molecule has 0 aliphatic carbocycles. The fraction of sp³-hybridized carbons (Fsp3) is 0.636. The monoisotopic (exact) mass is 240 g/mol. The Hall–Kier alpha value is -1.40. The van der Waals surface area contributed by atoms with Crippen molar-refractivity contribution < 1.29 is 9.59 Å². The van der Waals surface area contributed by atoms with Crippen LogP contribution in [0.25, 0.3) is 0 Å². The smallest absolute Gasteiger partial charge is 0.315 e. The number of amides is 2. The van der Waals surface area contributed by atoms with Crippen LogP contribution in [0.2, 0.25) is 0 Å². The number of urea groups is 1. The van der Waals surface area contributed by atoms with E-state index in [4.69, 9.17) is 5.73 Å². The first kappa shape index (κ1) is 13.7. The first-order valence-corrected chi connectivity index (χ1v) is 5.64. The number of carbonyl (C=O) groups is 2. The van der Waals surface area contributed by atoms with Gasteiger partial charge in [-0.3, -0.25) is 4.79 Å². The second-order valence-corrected chi connectivity index (χ2v) is 4.32. The molecule has 6 nitrogen and oxygen atoms in total. The molecular weight excluding hydrogens is 220 g/mol. The Kier molecular flexibility index (Phi) is 5.11. The van der Waals surface area contributed by atoms with Crippen molar-refractivity contribution in [3.05, 3.63) is 12.2 Å². The Balaban J connectivity index is 2.59. The minimum Gasteiger partial charge on any atom is -0.351 e. The second kappa shape index (κ2) is 6.36. The Morgan fingerprint density at radius 1 is 1.53 bits per heavy atom. The average molecular weight is 240 g/mol. The molecule has 0 radical (unpaired) electrons. The Bertz CT molecular complexity index is 315. The summed E-state index contributed by atoms with van der Waals surface area (Å²) in [5.74, 6) is -0.0853. The minimum atomic E-state index is -0.536. The first-order valence-electron chi connectivity index (χ1n) is 5.64. The maximum atomic E-state index is 11.9. The van der Waals surface area contributed by atoms with E-state index in [0.29, 0.717) is 26.2 Å². The number of ketones is 1. The summed E-state index contributed by atoms with van der Waals surface area (Å²) in [5, 5.41) is 3.09. The highest BCUT2D eigenvalue weighted by Crippen LogP contribution is 2.05. The summed E-state index contributed by atoms with van der Waals surface area (Å²) in [7, 11) is 3.85. The zero-order chi connectivity index (χ0) is 12.8. The van der Waals surface area contributed by atoms with Gasteiger partial charge in [-0.1, -0.05) is 6.08 Å². The van der Waals surface area contributed by atoms with Crippen LogP contribution in [-0.4, -0.2) is 67.9 Å². The van der Waals surface area contributed by atoms with Gasteiger partial charge >= 0.3 is 6.03 Å². The number of hydrogen-bond donors (Lipinski definition) is 2. The summed E-state index contributed by atoms with van der Waals surface area (Å²) in [4.78, 5) is 26.5. The molecule has 1 atom stereocenters. The maximum Gasteiger partial charge on any atom is 0.315 e. The van der Waals surface area contributed by atoms with Crippen molar-refractivity contribution in [3.63, 3.8) is 0 Å². The number of likely N-dealkylation sites (N-methyl/N-ethyl adjacent to an activating group) is 1. The number of piperazine rings is 1. The largest absolute Gasteiger partial charge is 0.351 e. The van der Waals surface area contributed by atoms with Crippen LogP contribution < -0.4 is 11.1 Å². The predicted molar refractivity (Wildman–Crippen MR) is 65.6 cm³/mol. The number of nitrogens with one attached hydrogen (secondary N) is 1. The maximum absolute atomic E-state index is 11.9. The van der Waals surface area contributed by atoms with Crippen LogP contribution in [0.3, 0.4) is 0 Å². The van der Waals surface area contributed by atoms with Crippen molar-refractivity contribution in [2.75, 3.05) is 40.3 Å². The van der Waals surface area contributed by atoms with E-state index in [1.807, 2.05) is 19.0 Å². The van der Waals surface area contributed by atoms with Crippen molar-refractivity contribution in [1.29, 1.82) is 0 Å². The van der Waals surface area contributed by atoms with Crippen LogP contribution in [0.4, 0.5) is 4.79 Å². The molecule has 0 spiro atoms. The summed E-state index contributed by atoms with van der Waals surface area (Å²) in [5.41, 5.74) is 5.25. The number of carbonyl (C=O) groups excluding carboxylic acids is 2. The van der Waals surface area contributed by atoms with E-state index in [2.05, 4.69) is 5.32 Å². The van der Waals surface area contributed by atoms with Gasteiger partial charge in [0.2, 0.25) is 0 Å². The van der Waals surface area contributed by atoms with Gasteiger partial charge in [0.05, 0.1) is 0 Å². The summed E-state index contributed by atoms with van der Waals surface area (Å²) >= 11 is 0. The van der Waals surface area contributed by atoms with Gasteiger partial charge in [-0.15, -0.1) is 0 Å². The van der Waals surface area contributed by atoms with Gasteiger partial charge in [0.25, 0.3) is 0 Å². The van der Waals surface area contributed by atoms with Crippen LogP contribution in [-0.2, 0) is 4.79 Å². The van der Waals surface area contributed by atoms with Gasteiger partial charge in [-0.25, -0.2) is 4.79 Å². The van der Waals surface area contributed by atoms with Gasteiger partial charge in [0.1, 0.15) is 6.04 Å². The molecule has 1 unspecified atom stereocenters. The molecule has 3 N–H and O–H groups in total. The average Bonchev–Trinajstić information content (AvgIpc) is 2.28. The van der Waals surface area contributed by atoms with Gasteiger partial charge in [-0.2, -0.15) is 0 Å². The highest BCUT2D eigenvalue weighted by molar-refractivity contribution is 5.96. The predicted octanol–water partition coefficient (Wildman–Crippen LogP) is -0.974. The van der Waals surface area contributed by atoms with Crippen LogP contribution >= 0.6 is 0 Å². The van der Waals surface area contributed by atoms with Crippen LogP contribution in [0.5, 0.6) is 0 Å². The molecule has 2 amide bonds. The van der Waals surface area contributed by atoms with Crippen LogP contribution in [0.15, 0.2) is 12.2 Å². The minimum absolute atomic E-state index is 0.0853. The van der Waals surface area contributed by atoms with E-state index >= 15 is 0 Å². The number of hydrogen-bond acceptors (Lipinski definition) is 4. The third kappa shape index (κ3) is 4.16. The van der Waals surface area contributed by atoms with Gasteiger partial charge in [-0.05, 0) is 20.2 Å². The van der Waals surface area contributed by atoms with E-state index in [0.717, 1.165) is 0 Å². The fourth-order valence-corrected chi connectivity index (χ4v) is 1.71. The van der Waals surface area contributed by atoms with E-state index in [1.54, 1.807) is 6.08 Å². The lowest BCUT2D eigenvalue weighted by Crippen LogP contribution is -2.58. The Labute approximate surface area is 101 Å². The molecule has 1 heterocycles. The van der Waals surface area contributed by atoms with Crippen molar-refractivity contribution in [3.8, 4) is 0 Å². The zero-order valence-electron chi connectivity index (χ0n) is 10.3. The normalized spacial score (nSPS) is 21.1. The lowest BCUT2D eigenvalue weighted by Gasteiger charge is -2.33. The Morgan fingerprint density at radius 2 is 2.24 bits per heavy atom. The molecule has 1 aliphatic rings. The van der Waals surface area contributed by atoms with Crippen molar-refractivity contribution in [2.24, 2.45) is 5.73 Å². The van der Waals surface area contributed by atoms with E-state index in [9.17, 15) is 9.59 Å². The molecular formula is C11H20N4O2. The number of nitrogens with zero attached hydrogens (tertiary/aromatic N) is 2. The molecule has 0 aromatic heterocycles. The molecule has 1 fully saturated rings. The highest BCUT2D eigenvalue weighted by atomic mass is 16.2. The van der Waals surface area contributed by atoms with E-state index < -0.39 is 12.1 Å². The van der Waals surface area contributed by atoms with Crippen molar-refractivity contribution >= 4 is 11.8 Å². The number of nitrogens with two attached hydrogens (primary N) is 1. The summed E-state index contributed by atoms with van der Waals surface area (Å²) in [6, 6.07) is -1.01. The highest BCUT2D eigenvalue weighted by Gasteiger charge is 2.29. The molecule has 0 saturated carbocycles. The molecule has 0 aromatic rings.